The Morgan fingerprint density at radius 1 is 1.13 bits per heavy atom. The number of halogens is 4. The molecule has 0 spiro atoms. The topological polar surface area (TPSA) is 62.0 Å². The molecule has 1 amide bonds. The van der Waals surface area contributed by atoms with Crippen LogP contribution in [0, 0.1) is 0 Å². The zero-order chi connectivity index (χ0) is 17.0. The van der Waals surface area contributed by atoms with E-state index in [0.29, 0.717) is 17.5 Å². The van der Waals surface area contributed by atoms with Gasteiger partial charge in [0.05, 0.1) is 0 Å². The first kappa shape index (κ1) is 17.1. The molecule has 0 radical (unpaired) electrons. The van der Waals surface area contributed by atoms with Crippen LogP contribution in [0.15, 0.2) is 41.2 Å². The van der Waals surface area contributed by atoms with E-state index in [1.54, 1.807) is 29.2 Å². The molecule has 0 aliphatic heterocycles. The minimum Gasteiger partial charge on any atom is -0.352 e. The summed E-state index contributed by atoms with van der Waals surface area (Å²) in [6.07, 6.45) is -4.16. The maximum atomic E-state index is 12.4. The number of nitrogens with one attached hydrogen (secondary N) is 2. The summed E-state index contributed by atoms with van der Waals surface area (Å²) in [5, 5.41) is 3.08. The van der Waals surface area contributed by atoms with Crippen LogP contribution in [0.1, 0.15) is 21.6 Å². The molecule has 0 saturated heterocycles. The highest BCUT2D eigenvalue weighted by Crippen LogP contribution is 2.26. The molecule has 0 aliphatic carbocycles. The molecule has 1 aromatic carbocycles. The Balaban J connectivity index is 1.98. The van der Waals surface area contributed by atoms with E-state index in [0.717, 1.165) is 11.6 Å². The number of benzene rings is 1. The molecule has 0 aliphatic rings. The Kier molecular flexibility index (Phi) is 5.10. The molecule has 2 rings (SSSR count). The minimum atomic E-state index is -4.66. The Bertz CT molecular complexity index is 755. The molecule has 0 fully saturated rings. The van der Waals surface area contributed by atoms with Crippen LogP contribution in [0.3, 0.4) is 0 Å². The fraction of sp³-hybridized carbons (Fsp3) is 0.200. The van der Waals surface area contributed by atoms with E-state index in [4.69, 9.17) is 11.6 Å². The van der Waals surface area contributed by atoms with E-state index in [-0.39, 0.29) is 12.1 Å². The molecule has 122 valence electrons. The zero-order valence-electron chi connectivity index (χ0n) is 11.7. The average molecular weight is 345 g/mol. The maximum Gasteiger partial charge on any atom is 0.431 e. The highest BCUT2D eigenvalue weighted by molar-refractivity contribution is 6.30. The van der Waals surface area contributed by atoms with Gasteiger partial charge in [-0.3, -0.25) is 9.59 Å². The third-order valence-electron chi connectivity index (χ3n) is 3.07. The summed E-state index contributed by atoms with van der Waals surface area (Å²) in [6.45, 7) is 0.237. The van der Waals surface area contributed by atoms with Crippen molar-refractivity contribution in [2.24, 2.45) is 0 Å². The summed E-state index contributed by atoms with van der Waals surface area (Å²) in [5.74, 6) is -0.728. The lowest BCUT2D eigenvalue weighted by atomic mass is 10.1. The Morgan fingerprint density at radius 2 is 1.78 bits per heavy atom. The van der Waals surface area contributed by atoms with Gasteiger partial charge < -0.3 is 10.3 Å². The predicted octanol–water partition coefficient (Wildman–Crippen LogP) is 3.02. The number of H-pyrrole nitrogens is 1. The second kappa shape index (κ2) is 6.87. The monoisotopic (exact) mass is 344 g/mol. The SMILES string of the molecule is O=C(NCCc1ccc(Cl)cc1)c1ccc(C(F)(F)F)[nH]c1=O. The van der Waals surface area contributed by atoms with Crippen LogP contribution >= 0.6 is 11.6 Å². The quantitative estimate of drug-likeness (QED) is 0.895. The molecule has 0 bridgehead atoms. The highest BCUT2D eigenvalue weighted by Gasteiger charge is 2.32. The van der Waals surface area contributed by atoms with Crippen molar-refractivity contribution in [2.45, 2.75) is 12.6 Å². The minimum absolute atomic E-state index is 0.237. The summed E-state index contributed by atoms with van der Waals surface area (Å²) < 4.78 is 37.3. The van der Waals surface area contributed by atoms with Crippen molar-refractivity contribution in [1.29, 1.82) is 0 Å². The van der Waals surface area contributed by atoms with E-state index < -0.39 is 23.3 Å². The number of carbonyl (C=O) groups excluding carboxylic acids is 1. The van der Waals surface area contributed by atoms with Crippen LogP contribution in [0.5, 0.6) is 0 Å². The number of aromatic amines is 1. The Morgan fingerprint density at radius 3 is 2.35 bits per heavy atom. The van der Waals surface area contributed by atoms with Crippen molar-refractivity contribution in [3.8, 4) is 0 Å². The molecule has 1 heterocycles. The standard InChI is InChI=1S/C15H12ClF3N2O2/c16-10-3-1-9(2-4-10)7-8-20-13(22)11-5-6-12(15(17,18)19)21-14(11)23/h1-6H,7-8H2,(H,20,22)(H,21,23). The molecule has 0 unspecified atom stereocenters. The van der Waals surface area contributed by atoms with Crippen LogP contribution in [0.2, 0.25) is 5.02 Å². The highest BCUT2D eigenvalue weighted by atomic mass is 35.5. The molecule has 2 aromatic rings. The van der Waals surface area contributed by atoms with Gasteiger partial charge in [0.25, 0.3) is 11.5 Å². The summed E-state index contributed by atoms with van der Waals surface area (Å²) in [4.78, 5) is 25.1. The number of hydrogen-bond acceptors (Lipinski definition) is 2. The number of hydrogen-bond donors (Lipinski definition) is 2. The molecule has 23 heavy (non-hydrogen) atoms. The molecular formula is C15H12ClF3N2O2. The van der Waals surface area contributed by atoms with Gasteiger partial charge in [-0.2, -0.15) is 13.2 Å². The molecule has 2 N–H and O–H groups in total. The fourth-order valence-electron chi connectivity index (χ4n) is 1.88. The van der Waals surface area contributed by atoms with Gasteiger partial charge in [0.15, 0.2) is 0 Å². The molecular weight excluding hydrogens is 333 g/mol. The summed E-state index contributed by atoms with van der Waals surface area (Å²) in [5.41, 5.74) is -1.71. The van der Waals surface area contributed by atoms with Crippen molar-refractivity contribution >= 4 is 17.5 Å². The van der Waals surface area contributed by atoms with E-state index >= 15 is 0 Å². The van der Waals surface area contributed by atoms with E-state index in [1.807, 2.05) is 0 Å². The Labute approximate surface area is 134 Å². The van der Waals surface area contributed by atoms with E-state index in [9.17, 15) is 22.8 Å². The second-order valence-electron chi connectivity index (χ2n) is 4.74. The number of carbonyl (C=O) groups is 1. The summed E-state index contributed by atoms with van der Waals surface area (Å²) >= 11 is 5.75. The van der Waals surface area contributed by atoms with Gasteiger partial charge >= 0.3 is 6.18 Å². The number of aromatic nitrogens is 1. The first-order valence-electron chi connectivity index (χ1n) is 6.60. The number of amides is 1. The van der Waals surface area contributed by atoms with Crippen molar-refractivity contribution in [2.75, 3.05) is 6.54 Å². The molecule has 4 nitrogen and oxygen atoms in total. The Hall–Kier alpha value is -2.28. The van der Waals surface area contributed by atoms with Crippen molar-refractivity contribution in [1.82, 2.24) is 10.3 Å². The normalized spacial score (nSPS) is 11.3. The van der Waals surface area contributed by atoms with Crippen LogP contribution in [0.4, 0.5) is 13.2 Å². The summed E-state index contributed by atoms with van der Waals surface area (Å²) in [7, 11) is 0. The molecule has 0 saturated carbocycles. The number of pyridine rings is 1. The van der Waals surface area contributed by atoms with Gasteiger partial charge in [0, 0.05) is 11.6 Å². The first-order chi connectivity index (χ1) is 10.8. The van der Waals surface area contributed by atoms with E-state index in [2.05, 4.69) is 5.32 Å². The molecule has 1 aromatic heterocycles. The predicted molar refractivity (Wildman–Crippen MR) is 79.6 cm³/mol. The number of rotatable bonds is 4. The van der Waals surface area contributed by atoms with Crippen molar-refractivity contribution in [3.05, 3.63) is 68.6 Å². The lowest BCUT2D eigenvalue weighted by Crippen LogP contribution is -2.32. The fourth-order valence-corrected chi connectivity index (χ4v) is 2.01. The largest absolute Gasteiger partial charge is 0.431 e. The number of alkyl halides is 3. The van der Waals surface area contributed by atoms with Gasteiger partial charge in [-0.25, -0.2) is 0 Å². The first-order valence-corrected chi connectivity index (χ1v) is 6.98. The average Bonchev–Trinajstić information content (AvgIpc) is 2.48. The second-order valence-corrected chi connectivity index (χ2v) is 5.18. The van der Waals surface area contributed by atoms with Crippen molar-refractivity contribution < 1.29 is 18.0 Å². The van der Waals surface area contributed by atoms with Gasteiger partial charge in [-0.1, -0.05) is 23.7 Å². The van der Waals surface area contributed by atoms with E-state index in [1.165, 1.54) is 0 Å². The maximum absolute atomic E-state index is 12.4. The van der Waals surface area contributed by atoms with Gasteiger partial charge in [0.1, 0.15) is 11.3 Å². The van der Waals surface area contributed by atoms with Crippen LogP contribution in [0.25, 0.3) is 0 Å². The van der Waals surface area contributed by atoms with Crippen LogP contribution in [-0.2, 0) is 12.6 Å². The molecule has 8 heteroatoms. The lowest BCUT2D eigenvalue weighted by Gasteiger charge is -2.08. The van der Waals surface area contributed by atoms with Gasteiger partial charge in [-0.05, 0) is 36.2 Å². The van der Waals surface area contributed by atoms with Gasteiger partial charge in [0.2, 0.25) is 0 Å². The third kappa shape index (κ3) is 4.59. The van der Waals surface area contributed by atoms with Crippen LogP contribution in [-0.4, -0.2) is 17.4 Å². The van der Waals surface area contributed by atoms with Crippen molar-refractivity contribution in [3.63, 3.8) is 0 Å². The smallest absolute Gasteiger partial charge is 0.352 e. The lowest BCUT2D eigenvalue weighted by molar-refractivity contribution is -0.141. The zero-order valence-corrected chi connectivity index (χ0v) is 12.5. The third-order valence-corrected chi connectivity index (χ3v) is 3.32. The molecule has 0 atom stereocenters. The van der Waals surface area contributed by atoms with Gasteiger partial charge in [-0.15, -0.1) is 0 Å². The summed E-state index contributed by atoms with van der Waals surface area (Å²) in [6, 6.07) is 8.52. The van der Waals surface area contributed by atoms with Crippen LogP contribution < -0.4 is 10.9 Å².